The number of aromatic nitrogens is 2. The number of hydrazine groups is 1. The molecule has 0 unspecified atom stereocenters. The number of hydrogen-bond donors (Lipinski definition) is 2. The van der Waals surface area contributed by atoms with E-state index in [1.54, 1.807) is 18.2 Å². The second kappa shape index (κ2) is 6.13. The fourth-order valence-electron chi connectivity index (χ4n) is 2.73. The van der Waals surface area contributed by atoms with Gasteiger partial charge in [0.1, 0.15) is 0 Å². The van der Waals surface area contributed by atoms with E-state index >= 15 is 0 Å². The minimum atomic E-state index is -0.532. The van der Waals surface area contributed by atoms with Gasteiger partial charge >= 0.3 is 0 Å². The summed E-state index contributed by atoms with van der Waals surface area (Å²) in [5.74, 6) is 4.64. The van der Waals surface area contributed by atoms with Gasteiger partial charge in [0.2, 0.25) is 5.62 Å². The maximum Gasteiger partial charge on any atom is 0.265 e. The van der Waals surface area contributed by atoms with Crippen LogP contribution in [0.3, 0.4) is 0 Å². The second-order valence-corrected chi connectivity index (χ2v) is 5.38. The highest BCUT2D eigenvalue weighted by Gasteiger charge is 2.11. The van der Waals surface area contributed by atoms with Crippen LogP contribution in [0, 0.1) is 0 Å². The lowest BCUT2D eigenvalue weighted by atomic mass is 10.1. The van der Waals surface area contributed by atoms with Gasteiger partial charge in [0.25, 0.3) is 5.91 Å². The largest absolute Gasteiger partial charge is 0.313 e. The fourth-order valence-corrected chi connectivity index (χ4v) is 2.73. The molecule has 3 rings (SSSR count). The smallest absolute Gasteiger partial charge is 0.265 e. The Morgan fingerprint density at radius 3 is 2.29 bits per heavy atom. The van der Waals surface area contributed by atoms with Gasteiger partial charge in [-0.15, -0.1) is 0 Å². The maximum absolute atomic E-state index is 11.8. The molecule has 7 heteroatoms. The molecule has 0 radical (unpaired) electrons. The predicted octanol–water partition coefficient (Wildman–Crippen LogP) is 1.17. The van der Waals surface area contributed by atoms with Crippen LogP contribution in [0.2, 0.25) is 0 Å². The Morgan fingerprint density at radius 1 is 1.12 bits per heavy atom. The topological polar surface area (TPSA) is 94.4 Å². The van der Waals surface area contributed by atoms with Crippen molar-refractivity contribution in [2.24, 2.45) is 24.9 Å². The molecule has 1 heterocycles. The Hall–Kier alpha value is -3.19. The van der Waals surface area contributed by atoms with Crippen molar-refractivity contribution in [3.63, 3.8) is 0 Å². The van der Waals surface area contributed by atoms with Crippen LogP contribution >= 0.6 is 0 Å². The van der Waals surface area contributed by atoms with Crippen LogP contribution in [0.4, 0.5) is 5.69 Å². The van der Waals surface area contributed by atoms with E-state index in [1.807, 2.05) is 52.9 Å². The number of nitrogens with one attached hydrogen (secondary N) is 1. The molecule has 1 amide bonds. The fraction of sp³-hybridized carbons (Fsp3) is 0.118. The van der Waals surface area contributed by atoms with Gasteiger partial charge in [0, 0.05) is 19.7 Å². The number of benzene rings is 2. The van der Waals surface area contributed by atoms with Crippen LogP contribution in [0.5, 0.6) is 0 Å². The number of rotatable bonds is 3. The van der Waals surface area contributed by atoms with Crippen LogP contribution in [-0.2, 0) is 14.1 Å². The molecular weight excluding hydrogens is 306 g/mol. The third-order valence-corrected chi connectivity index (χ3v) is 3.97. The van der Waals surface area contributed by atoms with Crippen molar-refractivity contribution >= 4 is 28.9 Å². The summed E-state index contributed by atoms with van der Waals surface area (Å²) in [7, 11) is 3.85. The highest BCUT2D eigenvalue weighted by atomic mass is 16.2. The number of para-hydroxylation sites is 2. The number of carbonyl (C=O) groups excluding carboxylic acids is 2. The van der Waals surface area contributed by atoms with E-state index in [0.29, 0.717) is 17.6 Å². The van der Waals surface area contributed by atoms with Gasteiger partial charge in [-0.1, -0.05) is 12.1 Å². The zero-order chi connectivity index (χ0) is 17.3. The molecule has 0 saturated heterocycles. The van der Waals surface area contributed by atoms with Crippen LogP contribution in [0.25, 0.3) is 11.0 Å². The zero-order valence-corrected chi connectivity index (χ0v) is 13.4. The van der Waals surface area contributed by atoms with E-state index in [4.69, 9.17) is 5.84 Å². The Kier molecular flexibility index (Phi) is 4.01. The number of hydrogen-bond acceptors (Lipinski definition) is 4. The Bertz CT molecular complexity index is 971. The number of carbonyl (C=O) groups is 2. The molecule has 7 nitrogen and oxygen atoms in total. The lowest BCUT2D eigenvalue weighted by Gasteiger charge is -2.04. The summed E-state index contributed by atoms with van der Waals surface area (Å²) >= 11 is 0. The van der Waals surface area contributed by atoms with Gasteiger partial charge in [-0.05, 0) is 30.3 Å². The summed E-state index contributed by atoms with van der Waals surface area (Å²) in [5, 5.41) is 0. The van der Waals surface area contributed by atoms with Gasteiger partial charge in [0.15, 0.2) is 6.29 Å². The van der Waals surface area contributed by atoms with Crippen LogP contribution < -0.4 is 16.9 Å². The third kappa shape index (κ3) is 2.50. The first-order valence-corrected chi connectivity index (χ1v) is 7.32. The van der Waals surface area contributed by atoms with Gasteiger partial charge in [-0.25, -0.2) is 10.8 Å². The van der Waals surface area contributed by atoms with Gasteiger partial charge in [-0.3, -0.25) is 15.0 Å². The first-order chi connectivity index (χ1) is 11.6. The van der Waals surface area contributed by atoms with Crippen molar-refractivity contribution in [3.05, 3.63) is 59.2 Å². The van der Waals surface area contributed by atoms with Crippen molar-refractivity contribution in [3.8, 4) is 0 Å². The molecule has 0 fully saturated rings. The summed E-state index contributed by atoms with van der Waals surface area (Å²) in [4.78, 5) is 27.5. The van der Waals surface area contributed by atoms with E-state index < -0.39 is 5.91 Å². The molecule has 24 heavy (non-hydrogen) atoms. The molecule has 3 N–H and O–H groups in total. The lowest BCUT2D eigenvalue weighted by molar-refractivity contribution is 0.0948. The molecule has 0 spiro atoms. The highest BCUT2D eigenvalue weighted by molar-refractivity contribution is 6.01. The molecule has 3 aromatic rings. The summed E-state index contributed by atoms with van der Waals surface area (Å²) in [5.41, 5.74) is 5.86. The SMILES string of the molecule is Cn1c(=Nc2ccc(C=O)c(C(=O)NN)c2)n(C)c2ccccc21. The highest BCUT2D eigenvalue weighted by Crippen LogP contribution is 2.18. The number of imidazole rings is 1. The molecule has 0 aliphatic carbocycles. The van der Waals surface area contributed by atoms with Gasteiger partial charge in [-0.2, -0.15) is 0 Å². The predicted molar refractivity (Wildman–Crippen MR) is 90.6 cm³/mol. The van der Waals surface area contributed by atoms with Crippen LogP contribution in [-0.4, -0.2) is 21.3 Å². The summed E-state index contributed by atoms with van der Waals surface area (Å²) in [6.45, 7) is 0. The van der Waals surface area contributed by atoms with Crippen molar-refractivity contribution in [1.82, 2.24) is 14.6 Å². The monoisotopic (exact) mass is 323 g/mol. The van der Waals surface area contributed by atoms with Crippen LogP contribution in [0.15, 0.2) is 47.5 Å². The molecule has 0 saturated carbocycles. The van der Waals surface area contributed by atoms with E-state index in [-0.39, 0.29) is 11.1 Å². The average Bonchev–Trinajstić information content (AvgIpc) is 2.86. The maximum atomic E-state index is 11.8. The van der Waals surface area contributed by atoms with E-state index in [9.17, 15) is 9.59 Å². The first-order valence-electron chi connectivity index (χ1n) is 7.32. The quantitative estimate of drug-likeness (QED) is 0.328. The number of fused-ring (bicyclic) bond motifs is 1. The molecule has 2 aromatic carbocycles. The minimum absolute atomic E-state index is 0.190. The Balaban J connectivity index is 2.23. The van der Waals surface area contributed by atoms with Crippen molar-refractivity contribution in [1.29, 1.82) is 0 Å². The molecule has 0 atom stereocenters. The normalized spacial score (nSPS) is 10.6. The number of nitrogens with two attached hydrogens (primary N) is 1. The van der Waals surface area contributed by atoms with Gasteiger partial charge in [0.05, 0.1) is 22.3 Å². The van der Waals surface area contributed by atoms with E-state index in [0.717, 1.165) is 11.0 Å². The number of aryl methyl sites for hydroxylation is 2. The average molecular weight is 323 g/mol. The van der Waals surface area contributed by atoms with Gasteiger partial charge < -0.3 is 9.13 Å². The van der Waals surface area contributed by atoms with Crippen molar-refractivity contribution < 1.29 is 9.59 Å². The molecule has 1 aromatic heterocycles. The molecule has 0 bridgehead atoms. The number of nitrogen functional groups attached to an aromatic ring is 1. The Morgan fingerprint density at radius 2 is 1.75 bits per heavy atom. The summed E-state index contributed by atoms with van der Waals surface area (Å²) < 4.78 is 3.93. The summed E-state index contributed by atoms with van der Waals surface area (Å²) in [6, 6.07) is 12.7. The molecule has 122 valence electrons. The Labute approximate surface area is 138 Å². The minimum Gasteiger partial charge on any atom is -0.313 e. The van der Waals surface area contributed by atoms with Crippen LogP contribution in [0.1, 0.15) is 20.7 Å². The number of nitrogens with zero attached hydrogens (tertiary/aromatic N) is 3. The van der Waals surface area contributed by atoms with E-state index in [2.05, 4.69) is 4.99 Å². The third-order valence-electron chi connectivity index (χ3n) is 3.97. The first kappa shape index (κ1) is 15.7. The standard InChI is InChI=1S/C17H17N5O2/c1-21-14-5-3-4-6-15(14)22(2)17(21)19-12-8-7-11(10-23)13(9-12)16(24)20-18/h3-10H,18H2,1-2H3,(H,20,24). The number of aldehydes is 1. The lowest BCUT2D eigenvalue weighted by Crippen LogP contribution is -2.30. The van der Waals surface area contributed by atoms with Crippen molar-refractivity contribution in [2.45, 2.75) is 0 Å². The molecule has 0 aliphatic heterocycles. The second-order valence-electron chi connectivity index (χ2n) is 5.38. The summed E-state index contributed by atoms with van der Waals surface area (Å²) in [6.07, 6.45) is 0.616. The zero-order valence-electron chi connectivity index (χ0n) is 13.4. The van der Waals surface area contributed by atoms with E-state index in [1.165, 1.54) is 0 Å². The van der Waals surface area contributed by atoms with Crippen molar-refractivity contribution in [2.75, 3.05) is 0 Å². The molecular formula is C17H17N5O2. The molecule has 0 aliphatic rings. The number of amides is 1.